The topological polar surface area (TPSA) is 12.0 Å². The molecule has 2 heteroatoms. The molecule has 0 aliphatic carbocycles. The van der Waals surface area contributed by atoms with Crippen molar-refractivity contribution in [2.45, 2.75) is 32.7 Å². The van der Waals surface area contributed by atoms with Gasteiger partial charge in [-0.1, -0.05) is 44.2 Å². The molecule has 0 aromatic heterocycles. The fourth-order valence-electron chi connectivity index (χ4n) is 2.50. The van der Waals surface area contributed by atoms with Gasteiger partial charge in [-0.05, 0) is 54.3 Å². The lowest BCUT2D eigenvalue weighted by Gasteiger charge is -2.20. The van der Waals surface area contributed by atoms with E-state index in [-0.39, 0.29) is 11.9 Å². The summed E-state index contributed by atoms with van der Waals surface area (Å²) < 4.78 is 13.5. The zero-order valence-corrected chi connectivity index (χ0v) is 12.6. The third kappa shape index (κ3) is 3.07. The van der Waals surface area contributed by atoms with Crippen molar-refractivity contribution in [3.05, 3.63) is 70.5 Å². The van der Waals surface area contributed by atoms with Crippen LogP contribution in [0.3, 0.4) is 0 Å². The lowest BCUT2D eigenvalue weighted by Crippen LogP contribution is -2.19. The molecular formula is C18H22FN. The maximum absolute atomic E-state index is 13.5. The summed E-state index contributed by atoms with van der Waals surface area (Å²) in [6.45, 7) is 6.38. The van der Waals surface area contributed by atoms with Gasteiger partial charge in [0.1, 0.15) is 5.82 Å². The molecule has 1 nitrogen and oxygen atoms in total. The summed E-state index contributed by atoms with van der Waals surface area (Å²) in [6.07, 6.45) is 0. The van der Waals surface area contributed by atoms with E-state index in [1.54, 1.807) is 6.07 Å². The Bertz CT molecular complexity index is 572. The molecule has 0 aliphatic rings. The van der Waals surface area contributed by atoms with E-state index in [9.17, 15) is 4.39 Å². The molecule has 0 saturated carbocycles. The van der Waals surface area contributed by atoms with Crippen LogP contribution in [0, 0.1) is 12.7 Å². The lowest BCUT2D eigenvalue weighted by atomic mass is 9.93. The first-order valence-corrected chi connectivity index (χ1v) is 7.06. The van der Waals surface area contributed by atoms with Gasteiger partial charge in [-0.2, -0.15) is 0 Å². The van der Waals surface area contributed by atoms with Gasteiger partial charge in [0.05, 0.1) is 6.04 Å². The van der Waals surface area contributed by atoms with Crippen LogP contribution in [0.25, 0.3) is 0 Å². The number of nitrogens with one attached hydrogen (secondary N) is 1. The second-order valence-electron chi connectivity index (χ2n) is 5.54. The van der Waals surface area contributed by atoms with Gasteiger partial charge >= 0.3 is 0 Å². The maximum atomic E-state index is 13.5. The summed E-state index contributed by atoms with van der Waals surface area (Å²) in [6, 6.07) is 13.5. The van der Waals surface area contributed by atoms with Crippen LogP contribution in [0.15, 0.2) is 42.5 Å². The standard InChI is InChI=1S/C18H22FN/c1-12(2)14-6-8-15(9-7-14)18(20-4)17-11-16(19)10-5-13(17)3/h5-12,18,20H,1-4H3. The number of hydrogen-bond acceptors (Lipinski definition) is 1. The highest BCUT2D eigenvalue weighted by Gasteiger charge is 2.15. The predicted octanol–water partition coefficient (Wildman–Crippen LogP) is 4.57. The molecular weight excluding hydrogens is 249 g/mol. The van der Waals surface area contributed by atoms with Crippen LogP contribution in [0.4, 0.5) is 4.39 Å². The first-order valence-electron chi connectivity index (χ1n) is 7.06. The SMILES string of the molecule is CNC(c1ccc(C(C)C)cc1)c1cc(F)ccc1C. The molecule has 2 aromatic rings. The molecule has 1 unspecified atom stereocenters. The third-order valence-corrected chi connectivity index (χ3v) is 3.78. The number of halogens is 1. The summed E-state index contributed by atoms with van der Waals surface area (Å²) in [7, 11) is 1.91. The molecule has 0 bridgehead atoms. The lowest BCUT2D eigenvalue weighted by molar-refractivity contribution is 0.615. The summed E-state index contributed by atoms with van der Waals surface area (Å²) in [5.74, 6) is 0.331. The fraction of sp³-hybridized carbons (Fsp3) is 0.333. The summed E-state index contributed by atoms with van der Waals surface area (Å²) in [5, 5.41) is 3.28. The van der Waals surface area contributed by atoms with Crippen molar-refractivity contribution in [1.29, 1.82) is 0 Å². The fourth-order valence-corrected chi connectivity index (χ4v) is 2.50. The van der Waals surface area contributed by atoms with Crippen LogP contribution in [0.5, 0.6) is 0 Å². The number of rotatable bonds is 4. The minimum Gasteiger partial charge on any atom is -0.309 e. The van der Waals surface area contributed by atoms with Gasteiger partial charge in [-0.3, -0.25) is 0 Å². The third-order valence-electron chi connectivity index (χ3n) is 3.78. The van der Waals surface area contributed by atoms with Crippen molar-refractivity contribution >= 4 is 0 Å². The van der Waals surface area contributed by atoms with Gasteiger partial charge < -0.3 is 5.32 Å². The minimum atomic E-state index is -0.190. The van der Waals surface area contributed by atoms with Crippen LogP contribution in [0.2, 0.25) is 0 Å². The van der Waals surface area contributed by atoms with Crippen molar-refractivity contribution in [3.63, 3.8) is 0 Å². The van der Waals surface area contributed by atoms with E-state index in [4.69, 9.17) is 0 Å². The molecule has 0 spiro atoms. The van der Waals surface area contributed by atoms with E-state index in [1.165, 1.54) is 11.6 Å². The Kier molecular flexibility index (Phi) is 4.56. The quantitative estimate of drug-likeness (QED) is 0.859. The average molecular weight is 271 g/mol. The zero-order valence-electron chi connectivity index (χ0n) is 12.6. The molecule has 1 atom stereocenters. The van der Waals surface area contributed by atoms with Crippen molar-refractivity contribution in [1.82, 2.24) is 5.32 Å². The average Bonchev–Trinajstić information content (AvgIpc) is 2.44. The van der Waals surface area contributed by atoms with Crippen LogP contribution in [0.1, 0.15) is 48.1 Å². The smallest absolute Gasteiger partial charge is 0.123 e. The second kappa shape index (κ2) is 6.19. The van der Waals surface area contributed by atoms with E-state index >= 15 is 0 Å². The maximum Gasteiger partial charge on any atom is 0.123 e. The Morgan fingerprint density at radius 1 is 0.950 bits per heavy atom. The first kappa shape index (κ1) is 14.7. The molecule has 0 radical (unpaired) electrons. The summed E-state index contributed by atoms with van der Waals surface area (Å²) in [5.41, 5.74) is 4.56. The van der Waals surface area contributed by atoms with E-state index in [0.717, 1.165) is 16.7 Å². The van der Waals surface area contributed by atoms with Gasteiger partial charge in [0.2, 0.25) is 0 Å². The van der Waals surface area contributed by atoms with Crippen molar-refractivity contribution < 1.29 is 4.39 Å². The molecule has 106 valence electrons. The molecule has 2 aromatic carbocycles. The first-order chi connectivity index (χ1) is 9.52. The zero-order chi connectivity index (χ0) is 14.7. The molecule has 0 aliphatic heterocycles. The Morgan fingerprint density at radius 3 is 2.10 bits per heavy atom. The molecule has 0 amide bonds. The van der Waals surface area contributed by atoms with Crippen LogP contribution < -0.4 is 5.32 Å². The van der Waals surface area contributed by atoms with Crippen molar-refractivity contribution in [3.8, 4) is 0 Å². The number of hydrogen-bond donors (Lipinski definition) is 1. The Morgan fingerprint density at radius 2 is 1.55 bits per heavy atom. The Hall–Kier alpha value is -1.67. The normalized spacial score (nSPS) is 12.7. The van der Waals surface area contributed by atoms with Crippen LogP contribution >= 0.6 is 0 Å². The van der Waals surface area contributed by atoms with Gasteiger partial charge in [-0.25, -0.2) is 4.39 Å². The van der Waals surface area contributed by atoms with Crippen molar-refractivity contribution in [2.24, 2.45) is 0 Å². The Balaban J connectivity index is 2.39. The van der Waals surface area contributed by atoms with Gasteiger partial charge in [0.15, 0.2) is 0 Å². The molecule has 0 saturated heterocycles. The monoisotopic (exact) mass is 271 g/mol. The highest BCUT2D eigenvalue weighted by Crippen LogP contribution is 2.26. The number of benzene rings is 2. The van der Waals surface area contributed by atoms with E-state index in [2.05, 4.69) is 43.4 Å². The molecule has 0 fully saturated rings. The molecule has 0 heterocycles. The predicted molar refractivity (Wildman–Crippen MR) is 82.6 cm³/mol. The molecule has 2 rings (SSSR count). The minimum absolute atomic E-state index is 0.0203. The highest BCUT2D eigenvalue weighted by molar-refractivity contribution is 5.38. The highest BCUT2D eigenvalue weighted by atomic mass is 19.1. The van der Waals surface area contributed by atoms with Gasteiger partial charge in [0.25, 0.3) is 0 Å². The molecule has 20 heavy (non-hydrogen) atoms. The summed E-state index contributed by atoms with van der Waals surface area (Å²) >= 11 is 0. The van der Waals surface area contributed by atoms with Gasteiger partial charge in [0, 0.05) is 0 Å². The summed E-state index contributed by atoms with van der Waals surface area (Å²) in [4.78, 5) is 0. The molecule has 1 N–H and O–H groups in total. The van der Waals surface area contributed by atoms with E-state index < -0.39 is 0 Å². The number of aryl methyl sites for hydroxylation is 1. The van der Waals surface area contributed by atoms with Crippen LogP contribution in [-0.4, -0.2) is 7.05 Å². The second-order valence-corrected chi connectivity index (χ2v) is 5.54. The Labute approximate surface area is 120 Å². The van der Waals surface area contributed by atoms with E-state index in [1.807, 2.05) is 20.0 Å². The largest absolute Gasteiger partial charge is 0.309 e. The van der Waals surface area contributed by atoms with E-state index in [0.29, 0.717) is 5.92 Å². The van der Waals surface area contributed by atoms with Crippen molar-refractivity contribution in [2.75, 3.05) is 7.05 Å². The van der Waals surface area contributed by atoms with Crippen LogP contribution in [-0.2, 0) is 0 Å². The van der Waals surface area contributed by atoms with Gasteiger partial charge in [-0.15, -0.1) is 0 Å².